The lowest BCUT2D eigenvalue weighted by atomic mass is 10.1. The predicted molar refractivity (Wildman–Crippen MR) is 82.3 cm³/mol. The number of nitrogens with zero attached hydrogens (tertiary/aromatic N) is 1. The van der Waals surface area contributed by atoms with E-state index in [9.17, 15) is 9.59 Å². The van der Waals surface area contributed by atoms with Gasteiger partial charge >= 0.3 is 12.0 Å². The molecule has 120 valence electrons. The molecule has 1 fully saturated rings. The predicted octanol–water partition coefficient (Wildman–Crippen LogP) is 2.22. The van der Waals surface area contributed by atoms with Crippen molar-refractivity contribution in [3.63, 3.8) is 0 Å². The zero-order valence-corrected chi connectivity index (χ0v) is 13.0. The molecular formula is C15H19ClN2O4. The first-order valence-electron chi connectivity index (χ1n) is 7.13. The van der Waals surface area contributed by atoms with E-state index in [0.717, 1.165) is 0 Å². The fourth-order valence-corrected chi connectivity index (χ4v) is 2.48. The second kappa shape index (κ2) is 7.35. The number of halogens is 1. The van der Waals surface area contributed by atoms with E-state index < -0.39 is 11.9 Å². The Morgan fingerprint density at radius 3 is 2.95 bits per heavy atom. The zero-order valence-electron chi connectivity index (χ0n) is 12.3. The van der Waals surface area contributed by atoms with E-state index in [0.29, 0.717) is 30.3 Å². The summed E-state index contributed by atoms with van der Waals surface area (Å²) in [6, 6.07) is 6.79. The van der Waals surface area contributed by atoms with E-state index in [1.54, 1.807) is 24.3 Å². The summed E-state index contributed by atoms with van der Waals surface area (Å²) in [5.74, 6) is -0.680. The maximum atomic E-state index is 12.0. The molecule has 22 heavy (non-hydrogen) atoms. The third-order valence-corrected chi connectivity index (χ3v) is 3.73. The molecule has 1 aromatic carbocycles. The molecule has 2 rings (SSSR count). The first-order chi connectivity index (χ1) is 10.5. The van der Waals surface area contributed by atoms with Crippen molar-refractivity contribution in [2.24, 2.45) is 5.92 Å². The van der Waals surface area contributed by atoms with E-state index >= 15 is 0 Å². The summed E-state index contributed by atoms with van der Waals surface area (Å²) >= 11 is 5.88. The van der Waals surface area contributed by atoms with E-state index in [1.165, 1.54) is 4.90 Å². The van der Waals surface area contributed by atoms with Crippen molar-refractivity contribution >= 4 is 23.6 Å². The summed E-state index contributed by atoms with van der Waals surface area (Å²) in [5.41, 5.74) is 0. The standard InChI is InChI=1S/C15H19ClN2O4/c1-10(22-13-4-2-3-12(16)7-13)8-17-15(21)18-6-5-11(9-18)14(19)20/h2-4,7,10-11H,5-6,8-9H2,1H3,(H,17,21)(H,19,20). The highest BCUT2D eigenvalue weighted by molar-refractivity contribution is 6.30. The molecular weight excluding hydrogens is 308 g/mol. The van der Waals surface area contributed by atoms with Gasteiger partial charge in [-0.15, -0.1) is 0 Å². The van der Waals surface area contributed by atoms with Crippen LogP contribution in [0.2, 0.25) is 5.02 Å². The number of likely N-dealkylation sites (tertiary alicyclic amines) is 1. The molecule has 0 spiro atoms. The highest BCUT2D eigenvalue weighted by atomic mass is 35.5. The molecule has 0 saturated carbocycles. The van der Waals surface area contributed by atoms with Gasteiger partial charge in [0, 0.05) is 18.1 Å². The Labute approximate surface area is 134 Å². The Kier molecular flexibility index (Phi) is 5.49. The average Bonchev–Trinajstić information content (AvgIpc) is 2.95. The summed E-state index contributed by atoms with van der Waals surface area (Å²) in [4.78, 5) is 24.4. The first kappa shape index (κ1) is 16.4. The minimum absolute atomic E-state index is 0.222. The van der Waals surface area contributed by atoms with Crippen molar-refractivity contribution in [2.45, 2.75) is 19.4 Å². The fraction of sp³-hybridized carbons (Fsp3) is 0.467. The maximum Gasteiger partial charge on any atom is 0.317 e. The van der Waals surface area contributed by atoms with Gasteiger partial charge in [-0.2, -0.15) is 0 Å². The number of benzene rings is 1. The van der Waals surface area contributed by atoms with Crippen LogP contribution in [0.3, 0.4) is 0 Å². The van der Waals surface area contributed by atoms with E-state index in [1.807, 2.05) is 6.92 Å². The van der Waals surface area contributed by atoms with Gasteiger partial charge in [-0.1, -0.05) is 17.7 Å². The van der Waals surface area contributed by atoms with Crippen LogP contribution in [-0.4, -0.2) is 47.7 Å². The number of carbonyl (C=O) groups is 2. The number of carboxylic acid groups (broad SMARTS) is 1. The van der Waals surface area contributed by atoms with Gasteiger partial charge < -0.3 is 20.1 Å². The number of aliphatic carboxylic acids is 1. The molecule has 0 aliphatic carbocycles. The lowest BCUT2D eigenvalue weighted by Gasteiger charge is -2.20. The second-order valence-electron chi connectivity index (χ2n) is 5.34. The molecule has 1 saturated heterocycles. The molecule has 6 nitrogen and oxygen atoms in total. The van der Waals surface area contributed by atoms with Crippen LogP contribution in [0.15, 0.2) is 24.3 Å². The average molecular weight is 327 g/mol. The van der Waals surface area contributed by atoms with Crippen molar-refractivity contribution in [3.8, 4) is 5.75 Å². The van der Waals surface area contributed by atoms with Gasteiger partial charge in [-0.25, -0.2) is 4.79 Å². The third kappa shape index (κ3) is 4.53. The Hall–Kier alpha value is -1.95. The van der Waals surface area contributed by atoms with Gasteiger partial charge in [0.1, 0.15) is 11.9 Å². The van der Waals surface area contributed by atoms with Gasteiger partial charge in [0.2, 0.25) is 0 Å². The molecule has 0 radical (unpaired) electrons. The molecule has 0 bridgehead atoms. The van der Waals surface area contributed by atoms with Crippen LogP contribution < -0.4 is 10.1 Å². The smallest absolute Gasteiger partial charge is 0.317 e. The first-order valence-corrected chi connectivity index (χ1v) is 7.51. The summed E-state index contributed by atoms with van der Waals surface area (Å²) in [7, 11) is 0. The zero-order chi connectivity index (χ0) is 16.1. The Morgan fingerprint density at radius 2 is 2.32 bits per heavy atom. The monoisotopic (exact) mass is 326 g/mol. The molecule has 1 aliphatic rings. The van der Waals surface area contributed by atoms with Gasteiger partial charge in [-0.05, 0) is 31.5 Å². The summed E-state index contributed by atoms with van der Waals surface area (Å²) in [5, 5.41) is 12.3. The molecule has 0 aromatic heterocycles. The number of hydrogen-bond acceptors (Lipinski definition) is 3. The number of carbonyl (C=O) groups excluding carboxylic acids is 1. The van der Waals surface area contributed by atoms with Crippen LogP contribution in [0.4, 0.5) is 4.79 Å². The number of hydrogen-bond donors (Lipinski definition) is 2. The molecule has 2 unspecified atom stereocenters. The Morgan fingerprint density at radius 1 is 1.55 bits per heavy atom. The highest BCUT2D eigenvalue weighted by Gasteiger charge is 2.30. The van der Waals surface area contributed by atoms with Gasteiger partial charge in [0.25, 0.3) is 0 Å². The summed E-state index contributed by atoms with van der Waals surface area (Å²) in [6.45, 7) is 2.89. The molecule has 1 aliphatic heterocycles. The lowest BCUT2D eigenvalue weighted by Crippen LogP contribution is -2.42. The van der Waals surface area contributed by atoms with Gasteiger partial charge in [-0.3, -0.25) is 4.79 Å². The van der Waals surface area contributed by atoms with Gasteiger partial charge in [0.15, 0.2) is 0 Å². The van der Waals surface area contributed by atoms with Gasteiger partial charge in [0.05, 0.1) is 12.5 Å². The van der Waals surface area contributed by atoms with E-state index in [-0.39, 0.29) is 18.7 Å². The van der Waals surface area contributed by atoms with Crippen molar-refractivity contribution in [1.82, 2.24) is 10.2 Å². The number of ether oxygens (including phenoxy) is 1. The normalized spacial score (nSPS) is 18.8. The van der Waals surface area contributed by atoms with Crippen LogP contribution >= 0.6 is 11.6 Å². The van der Waals surface area contributed by atoms with Crippen LogP contribution in [-0.2, 0) is 4.79 Å². The number of nitrogens with one attached hydrogen (secondary N) is 1. The topological polar surface area (TPSA) is 78.9 Å². The Bertz CT molecular complexity index is 552. The van der Waals surface area contributed by atoms with E-state index in [2.05, 4.69) is 5.32 Å². The lowest BCUT2D eigenvalue weighted by molar-refractivity contribution is -0.141. The number of rotatable bonds is 5. The minimum atomic E-state index is -0.854. The van der Waals surface area contributed by atoms with Crippen LogP contribution in [0, 0.1) is 5.92 Å². The largest absolute Gasteiger partial charge is 0.489 e. The second-order valence-corrected chi connectivity index (χ2v) is 5.78. The van der Waals surface area contributed by atoms with Crippen LogP contribution in [0.1, 0.15) is 13.3 Å². The SMILES string of the molecule is CC(CNC(=O)N1CCC(C(=O)O)C1)Oc1cccc(Cl)c1. The molecule has 2 amide bonds. The third-order valence-electron chi connectivity index (χ3n) is 3.50. The number of carboxylic acids is 1. The van der Waals surface area contributed by atoms with Crippen LogP contribution in [0.5, 0.6) is 5.75 Å². The van der Waals surface area contributed by atoms with Crippen LogP contribution in [0.25, 0.3) is 0 Å². The molecule has 2 N–H and O–H groups in total. The maximum absolute atomic E-state index is 12.0. The van der Waals surface area contributed by atoms with Crippen molar-refractivity contribution < 1.29 is 19.4 Å². The highest BCUT2D eigenvalue weighted by Crippen LogP contribution is 2.18. The summed E-state index contributed by atoms with van der Waals surface area (Å²) < 4.78 is 5.66. The minimum Gasteiger partial charge on any atom is -0.489 e. The molecule has 7 heteroatoms. The van der Waals surface area contributed by atoms with Crippen molar-refractivity contribution in [1.29, 1.82) is 0 Å². The number of amides is 2. The quantitative estimate of drug-likeness (QED) is 0.869. The number of urea groups is 1. The summed E-state index contributed by atoms with van der Waals surface area (Å²) in [6.07, 6.45) is 0.275. The van der Waals surface area contributed by atoms with E-state index in [4.69, 9.17) is 21.4 Å². The molecule has 2 atom stereocenters. The van der Waals surface area contributed by atoms with Crippen molar-refractivity contribution in [2.75, 3.05) is 19.6 Å². The fourth-order valence-electron chi connectivity index (χ4n) is 2.30. The molecule has 1 aromatic rings. The molecule has 1 heterocycles. The Balaban J connectivity index is 1.75. The van der Waals surface area contributed by atoms with Crippen molar-refractivity contribution in [3.05, 3.63) is 29.3 Å².